The van der Waals surface area contributed by atoms with Gasteiger partial charge in [0.1, 0.15) is 0 Å². The number of ether oxygens (including phenoxy) is 3. The number of benzene rings is 1. The van der Waals surface area contributed by atoms with Gasteiger partial charge in [-0.2, -0.15) is 0 Å². The Bertz CT molecular complexity index is 400. The first-order chi connectivity index (χ1) is 8.74. The lowest BCUT2D eigenvalue weighted by molar-refractivity contribution is 0.120. The maximum atomic E-state index is 5.60. The molecule has 0 amide bonds. The standard InChI is InChI=1S/C14H21NO3/c1-10-7-13(16-2)14(17-3)8-12(10)15-9-11-5-4-6-18-11/h7-8,11,15H,4-6,9H2,1-3H3. The van der Waals surface area contributed by atoms with Gasteiger partial charge in [-0.25, -0.2) is 0 Å². The van der Waals surface area contributed by atoms with E-state index < -0.39 is 0 Å². The van der Waals surface area contributed by atoms with E-state index in [4.69, 9.17) is 14.2 Å². The minimum absolute atomic E-state index is 0.331. The van der Waals surface area contributed by atoms with Gasteiger partial charge in [-0.05, 0) is 31.4 Å². The Balaban J connectivity index is 2.06. The fraction of sp³-hybridized carbons (Fsp3) is 0.571. The molecule has 1 N–H and O–H groups in total. The van der Waals surface area contributed by atoms with E-state index >= 15 is 0 Å². The van der Waals surface area contributed by atoms with Gasteiger partial charge in [0.25, 0.3) is 0 Å². The van der Waals surface area contributed by atoms with E-state index in [1.54, 1.807) is 14.2 Å². The fourth-order valence-electron chi connectivity index (χ4n) is 2.20. The largest absolute Gasteiger partial charge is 0.493 e. The van der Waals surface area contributed by atoms with Crippen molar-refractivity contribution in [3.8, 4) is 11.5 Å². The van der Waals surface area contributed by atoms with Crippen molar-refractivity contribution in [3.05, 3.63) is 17.7 Å². The van der Waals surface area contributed by atoms with Crippen LogP contribution in [0.1, 0.15) is 18.4 Å². The Labute approximate surface area is 108 Å². The monoisotopic (exact) mass is 251 g/mol. The lowest BCUT2D eigenvalue weighted by atomic mass is 10.1. The van der Waals surface area contributed by atoms with E-state index in [0.717, 1.165) is 48.7 Å². The molecular formula is C14H21NO3. The summed E-state index contributed by atoms with van der Waals surface area (Å²) in [6.45, 7) is 3.79. The molecule has 100 valence electrons. The predicted octanol–water partition coefficient (Wildman–Crippen LogP) is 2.60. The Morgan fingerprint density at radius 1 is 1.28 bits per heavy atom. The average molecular weight is 251 g/mol. The first-order valence-electron chi connectivity index (χ1n) is 6.32. The number of nitrogens with one attached hydrogen (secondary N) is 1. The second kappa shape index (κ2) is 5.96. The van der Waals surface area contributed by atoms with Gasteiger partial charge >= 0.3 is 0 Å². The predicted molar refractivity (Wildman–Crippen MR) is 71.7 cm³/mol. The van der Waals surface area contributed by atoms with Crippen LogP contribution in [0.3, 0.4) is 0 Å². The SMILES string of the molecule is COc1cc(C)c(NCC2CCCO2)cc1OC. The van der Waals surface area contributed by atoms with Crippen LogP contribution in [0.25, 0.3) is 0 Å². The summed E-state index contributed by atoms with van der Waals surface area (Å²) < 4.78 is 16.2. The van der Waals surface area contributed by atoms with Crippen LogP contribution in [0.15, 0.2) is 12.1 Å². The van der Waals surface area contributed by atoms with Crippen molar-refractivity contribution < 1.29 is 14.2 Å². The van der Waals surface area contributed by atoms with Gasteiger partial charge in [0.05, 0.1) is 20.3 Å². The molecule has 1 aromatic carbocycles. The van der Waals surface area contributed by atoms with Crippen LogP contribution >= 0.6 is 0 Å². The van der Waals surface area contributed by atoms with Crippen LogP contribution in [-0.2, 0) is 4.74 Å². The van der Waals surface area contributed by atoms with Crippen LogP contribution < -0.4 is 14.8 Å². The minimum Gasteiger partial charge on any atom is -0.493 e. The van der Waals surface area contributed by atoms with Crippen LogP contribution in [0, 0.1) is 6.92 Å². The lowest BCUT2D eigenvalue weighted by Crippen LogP contribution is -2.18. The highest BCUT2D eigenvalue weighted by Gasteiger charge is 2.16. The van der Waals surface area contributed by atoms with Crippen molar-refractivity contribution in [3.63, 3.8) is 0 Å². The quantitative estimate of drug-likeness (QED) is 0.873. The number of anilines is 1. The lowest BCUT2D eigenvalue weighted by Gasteiger charge is -2.16. The van der Waals surface area contributed by atoms with Gasteiger partial charge in [0.2, 0.25) is 0 Å². The van der Waals surface area contributed by atoms with E-state index in [9.17, 15) is 0 Å². The molecule has 0 aromatic heterocycles. The maximum absolute atomic E-state index is 5.60. The molecule has 0 saturated carbocycles. The summed E-state index contributed by atoms with van der Waals surface area (Å²) in [5.74, 6) is 1.51. The summed E-state index contributed by atoms with van der Waals surface area (Å²) in [6.07, 6.45) is 2.63. The second-order valence-corrected chi connectivity index (χ2v) is 4.54. The molecule has 1 aliphatic rings. The Morgan fingerprint density at radius 2 is 2.00 bits per heavy atom. The summed E-state index contributed by atoms with van der Waals surface area (Å²) in [7, 11) is 3.30. The summed E-state index contributed by atoms with van der Waals surface area (Å²) in [4.78, 5) is 0. The number of aryl methyl sites for hydroxylation is 1. The van der Waals surface area contributed by atoms with Gasteiger partial charge in [-0.15, -0.1) is 0 Å². The normalized spacial score (nSPS) is 18.7. The minimum atomic E-state index is 0.331. The van der Waals surface area contributed by atoms with Gasteiger partial charge in [0.15, 0.2) is 11.5 Å². The summed E-state index contributed by atoms with van der Waals surface area (Å²) in [5, 5.41) is 3.42. The van der Waals surface area contributed by atoms with E-state index in [2.05, 4.69) is 12.2 Å². The zero-order valence-electron chi connectivity index (χ0n) is 11.3. The highest BCUT2D eigenvalue weighted by Crippen LogP contribution is 2.33. The van der Waals surface area contributed by atoms with Crippen molar-refractivity contribution in [1.29, 1.82) is 0 Å². The molecule has 18 heavy (non-hydrogen) atoms. The third-order valence-electron chi connectivity index (χ3n) is 3.27. The van der Waals surface area contributed by atoms with Crippen molar-refractivity contribution in [1.82, 2.24) is 0 Å². The first kappa shape index (κ1) is 13.0. The Kier molecular flexibility index (Phi) is 4.31. The molecule has 1 saturated heterocycles. The molecule has 1 aliphatic heterocycles. The molecular weight excluding hydrogens is 230 g/mol. The molecule has 4 heteroatoms. The number of rotatable bonds is 5. The van der Waals surface area contributed by atoms with Crippen LogP contribution in [0.4, 0.5) is 5.69 Å². The van der Waals surface area contributed by atoms with Gasteiger partial charge < -0.3 is 19.5 Å². The van der Waals surface area contributed by atoms with Crippen molar-refractivity contribution in [2.45, 2.75) is 25.9 Å². The number of methoxy groups -OCH3 is 2. The Hall–Kier alpha value is -1.42. The van der Waals surface area contributed by atoms with Gasteiger partial charge in [-0.3, -0.25) is 0 Å². The molecule has 1 atom stereocenters. The molecule has 0 spiro atoms. The smallest absolute Gasteiger partial charge is 0.162 e. The third-order valence-corrected chi connectivity index (χ3v) is 3.27. The van der Waals surface area contributed by atoms with Gasteiger partial charge in [0, 0.05) is 24.9 Å². The number of hydrogen-bond donors (Lipinski definition) is 1. The van der Waals surface area contributed by atoms with E-state index in [-0.39, 0.29) is 0 Å². The third kappa shape index (κ3) is 2.88. The summed E-state index contributed by atoms with van der Waals surface area (Å²) in [6, 6.07) is 3.96. The maximum Gasteiger partial charge on any atom is 0.162 e. The molecule has 2 rings (SSSR count). The number of hydrogen-bond acceptors (Lipinski definition) is 4. The first-order valence-corrected chi connectivity index (χ1v) is 6.32. The highest BCUT2D eigenvalue weighted by molar-refractivity contribution is 5.60. The molecule has 0 bridgehead atoms. The molecule has 0 radical (unpaired) electrons. The topological polar surface area (TPSA) is 39.7 Å². The van der Waals surface area contributed by atoms with Crippen molar-refractivity contribution >= 4 is 5.69 Å². The van der Waals surface area contributed by atoms with E-state index in [1.807, 2.05) is 12.1 Å². The van der Waals surface area contributed by atoms with Crippen LogP contribution in [0.2, 0.25) is 0 Å². The van der Waals surface area contributed by atoms with Crippen molar-refractivity contribution in [2.24, 2.45) is 0 Å². The van der Waals surface area contributed by atoms with Crippen LogP contribution in [0.5, 0.6) is 11.5 Å². The van der Waals surface area contributed by atoms with Gasteiger partial charge in [-0.1, -0.05) is 0 Å². The Morgan fingerprint density at radius 3 is 2.61 bits per heavy atom. The van der Waals surface area contributed by atoms with E-state index in [0.29, 0.717) is 6.10 Å². The molecule has 1 fully saturated rings. The van der Waals surface area contributed by atoms with Crippen molar-refractivity contribution in [2.75, 3.05) is 32.7 Å². The summed E-state index contributed by atoms with van der Waals surface area (Å²) >= 11 is 0. The molecule has 1 unspecified atom stereocenters. The highest BCUT2D eigenvalue weighted by atomic mass is 16.5. The summed E-state index contributed by atoms with van der Waals surface area (Å²) in [5.41, 5.74) is 2.22. The second-order valence-electron chi connectivity index (χ2n) is 4.54. The zero-order chi connectivity index (χ0) is 13.0. The van der Waals surface area contributed by atoms with E-state index in [1.165, 1.54) is 0 Å². The molecule has 1 heterocycles. The molecule has 0 aliphatic carbocycles. The fourth-order valence-corrected chi connectivity index (χ4v) is 2.20. The zero-order valence-corrected chi connectivity index (χ0v) is 11.3. The molecule has 4 nitrogen and oxygen atoms in total. The van der Waals surface area contributed by atoms with Crippen LogP contribution in [-0.4, -0.2) is 33.5 Å². The average Bonchev–Trinajstić information content (AvgIpc) is 2.90. The molecule has 1 aromatic rings.